The molecule has 1 aromatic carbocycles. The Hall–Kier alpha value is -0.990. The summed E-state index contributed by atoms with van der Waals surface area (Å²) in [4.78, 5) is 0. The molecule has 0 bridgehead atoms. The van der Waals surface area contributed by atoms with Gasteiger partial charge in [0.05, 0.1) is 5.56 Å². The molecular weight excluding hydrogens is 177 g/mol. The van der Waals surface area contributed by atoms with Crippen molar-refractivity contribution < 1.29 is 13.2 Å². The van der Waals surface area contributed by atoms with E-state index in [0.29, 0.717) is 6.42 Å². The third kappa shape index (κ3) is 2.76. The van der Waals surface area contributed by atoms with Crippen LogP contribution in [-0.4, -0.2) is 0 Å². The Morgan fingerprint density at radius 3 is 2.46 bits per heavy atom. The summed E-state index contributed by atoms with van der Waals surface area (Å²) in [5.74, 6) is 0. The van der Waals surface area contributed by atoms with Gasteiger partial charge in [0.2, 0.25) is 0 Å². The summed E-state index contributed by atoms with van der Waals surface area (Å²) in [5.41, 5.74) is 0.191. The van der Waals surface area contributed by atoms with E-state index >= 15 is 0 Å². The third-order valence-electron chi connectivity index (χ3n) is 1.79. The standard InChI is InChI=1S/C10H11F3/c1-2-4-8-5-3-6-9(7-8)10(11,12)13/h3,5-7H,2,4H2,1H3. The molecule has 0 spiro atoms. The number of aryl methyl sites for hydroxylation is 1. The first kappa shape index (κ1) is 10.1. The summed E-state index contributed by atoms with van der Waals surface area (Å²) in [6.07, 6.45) is -2.66. The largest absolute Gasteiger partial charge is 0.416 e. The van der Waals surface area contributed by atoms with Crippen molar-refractivity contribution in [2.45, 2.75) is 25.9 Å². The van der Waals surface area contributed by atoms with E-state index in [0.717, 1.165) is 18.1 Å². The van der Waals surface area contributed by atoms with Crippen molar-refractivity contribution in [3.63, 3.8) is 0 Å². The molecule has 0 aliphatic rings. The minimum Gasteiger partial charge on any atom is -0.166 e. The zero-order chi connectivity index (χ0) is 9.90. The van der Waals surface area contributed by atoms with Crippen molar-refractivity contribution in [2.75, 3.05) is 0 Å². The van der Waals surface area contributed by atoms with Gasteiger partial charge in [-0.25, -0.2) is 0 Å². The fraction of sp³-hybridized carbons (Fsp3) is 0.400. The predicted molar refractivity (Wildman–Crippen MR) is 45.4 cm³/mol. The molecule has 0 saturated heterocycles. The van der Waals surface area contributed by atoms with Crippen molar-refractivity contribution in [1.29, 1.82) is 0 Å². The van der Waals surface area contributed by atoms with Gasteiger partial charge in [0.25, 0.3) is 0 Å². The number of hydrogen-bond donors (Lipinski definition) is 0. The molecular formula is C10H11F3. The van der Waals surface area contributed by atoms with Crippen molar-refractivity contribution in [1.82, 2.24) is 0 Å². The number of alkyl halides is 3. The maximum Gasteiger partial charge on any atom is 0.416 e. The first-order chi connectivity index (χ1) is 6.04. The molecule has 0 heterocycles. The van der Waals surface area contributed by atoms with Crippen LogP contribution in [-0.2, 0) is 12.6 Å². The van der Waals surface area contributed by atoms with Gasteiger partial charge in [-0.2, -0.15) is 13.2 Å². The van der Waals surface area contributed by atoms with Crippen molar-refractivity contribution in [3.8, 4) is 0 Å². The van der Waals surface area contributed by atoms with Gasteiger partial charge < -0.3 is 0 Å². The van der Waals surface area contributed by atoms with Crippen LogP contribution in [0.25, 0.3) is 0 Å². The van der Waals surface area contributed by atoms with Gasteiger partial charge >= 0.3 is 6.18 Å². The van der Waals surface area contributed by atoms with Crippen LogP contribution in [0.1, 0.15) is 24.5 Å². The smallest absolute Gasteiger partial charge is 0.166 e. The Morgan fingerprint density at radius 2 is 1.92 bits per heavy atom. The molecule has 72 valence electrons. The van der Waals surface area contributed by atoms with Gasteiger partial charge in [0.1, 0.15) is 0 Å². The summed E-state index contributed by atoms with van der Waals surface area (Å²) in [5, 5.41) is 0. The second-order valence-corrected chi connectivity index (χ2v) is 2.95. The lowest BCUT2D eigenvalue weighted by Gasteiger charge is -2.07. The SMILES string of the molecule is CCCc1cccc(C(F)(F)F)c1. The zero-order valence-corrected chi connectivity index (χ0v) is 7.36. The summed E-state index contributed by atoms with van der Waals surface area (Å²) >= 11 is 0. The van der Waals surface area contributed by atoms with E-state index in [-0.39, 0.29) is 0 Å². The fourth-order valence-corrected chi connectivity index (χ4v) is 1.19. The predicted octanol–water partition coefficient (Wildman–Crippen LogP) is 3.66. The highest BCUT2D eigenvalue weighted by atomic mass is 19.4. The highest BCUT2D eigenvalue weighted by Crippen LogP contribution is 2.29. The van der Waals surface area contributed by atoms with E-state index in [1.807, 2.05) is 6.92 Å². The van der Waals surface area contributed by atoms with E-state index in [1.54, 1.807) is 6.07 Å². The molecule has 1 aromatic rings. The average Bonchev–Trinajstić information content (AvgIpc) is 2.04. The van der Waals surface area contributed by atoms with Crippen LogP contribution in [0, 0.1) is 0 Å². The second kappa shape index (κ2) is 3.81. The molecule has 0 amide bonds. The first-order valence-corrected chi connectivity index (χ1v) is 4.20. The van der Waals surface area contributed by atoms with E-state index in [1.165, 1.54) is 12.1 Å². The maximum absolute atomic E-state index is 12.2. The van der Waals surface area contributed by atoms with Crippen molar-refractivity contribution in [2.24, 2.45) is 0 Å². The van der Waals surface area contributed by atoms with Crippen LogP contribution in [0.3, 0.4) is 0 Å². The highest BCUT2D eigenvalue weighted by molar-refractivity contribution is 5.25. The van der Waals surface area contributed by atoms with E-state index in [2.05, 4.69) is 0 Å². The highest BCUT2D eigenvalue weighted by Gasteiger charge is 2.30. The topological polar surface area (TPSA) is 0 Å². The van der Waals surface area contributed by atoms with Crippen molar-refractivity contribution >= 4 is 0 Å². The molecule has 0 nitrogen and oxygen atoms in total. The lowest BCUT2D eigenvalue weighted by atomic mass is 10.1. The molecule has 0 fully saturated rings. The lowest BCUT2D eigenvalue weighted by molar-refractivity contribution is -0.137. The van der Waals surface area contributed by atoms with Gasteiger partial charge in [-0.15, -0.1) is 0 Å². The first-order valence-electron chi connectivity index (χ1n) is 4.20. The summed E-state index contributed by atoms with van der Waals surface area (Å²) < 4.78 is 36.6. The molecule has 0 atom stereocenters. The Balaban J connectivity index is 2.92. The number of hydrogen-bond acceptors (Lipinski definition) is 0. The van der Waals surface area contributed by atoms with Crippen LogP contribution in [0.2, 0.25) is 0 Å². The Labute approximate surface area is 75.4 Å². The molecule has 13 heavy (non-hydrogen) atoms. The van der Waals surface area contributed by atoms with Crippen LogP contribution >= 0.6 is 0 Å². The average molecular weight is 188 g/mol. The minimum atomic E-state index is -4.22. The Kier molecular flexibility index (Phi) is 2.96. The van der Waals surface area contributed by atoms with Crippen LogP contribution in [0.5, 0.6) is 0 Å². The maximum atomic E-state index is 12.2. The third-order valence-corrected chi connectivity index (χ3v) is 1.79. The number of halogens is 3. The minimum absolute atomic E-state index is 0.557. The Bertz CT molecular complexity index is 276. The molecule has 0 N–H and O–H groups in total. The molecule has 0 aromatic heterocycles. The summed E-state index contributed by atoms with van der Waals surface area (Å²) in [6, 6.07) is 5.48. The molecule has 3 heteroatoms. The molecule has 0 radical (unpaired) electrons. The number of benzene rings is 1. The monoisotopic (exact) mass is 188 g/mol. The summed E-state index contributed by atoms with van der Waals surface area (Å²) in [6.45, 7) is 1.94. The molecule has 0 aliphatic carbocycles. The van der Waals surface area contributed by atoms with Crippen LogP contribution in [0.15, 0.2) is 24.3 Å². The lowest BCUT2D eigenvalue weighted by Crippen LogP contribution is -2.05. The van der Waals surface area contributed by atoms with Gasteiger partial charge in [-0.3, -0.25) is 0 Å². The van der Waals surface area contributed by atoms with Gasteiger partial charge in [-0.1, -0.05) is 31.5 Å². The molecule has 0 unspecified atom stereocenters. The quantitative estimate of drug-likeness (QED) is 0.664. The van der Waals surface area contributed by atoms with Gasteiger partial charge in [0, 0.05) is 0 Å². The van der Waals surface area contributed by atoms with Crippen molar-refractivity contribution in [3.05, 3.63) is 35.4 Å². The molecule has 1 rings (SSSR count). The van der Waals surface area contributed by atoms with Gasteiger partial charge in [-0.05, 0) is 18.1 Å². The molecule has 0 aliphatic heterocycles. The number of rotatable bonds is 2. The van der Waals surface area contributed by atoms with E-state index in [4.69, 9.17) is 0 Å². The zero-order valence-electron chi connectivity index (χ0n) is 7.36. The fourth-order valence-electron chi connectivity index (χ4n) is 1.19. The molecule has 0 saturated carbocycles. The van der Waals surface area contributed by atoms with E-state index < -0.39 is 11.7 Å². The Morgan fingerprint density at radius 1 is 1.23 bits per heavy atom. The normalized spacial score (nSPS) is 11.7. The van der Waals surface area contributed by atoms with E-state index in [9.17, 15) is 13.2 Å². The summed E-state index contributed by atoms with van der Waals surface area (Å²) in [7, 11) is 0. The van der Waals surface area contributed by atoms with Crippen LogP contribution in [0.4, 0.5) is 13.2 Å². The second-order valence-electron chi connectivity index (χ2n) is 2.95. The van der Waals surface area contributed by atoms with Crippen LogP contribution < -0.4 is 0 Å². The van der Waals surface area contributed by atoms with Gasteiger partial charge in [0.15, 0.2) is 0 Å².